The van der Waals surface area contributed by atoms with Crippen LogP contribution in [0, 0.1) is 23.7 Å². The first kappa shape index (κ1) is 20.2. The van der Waals surface area contributed by atoms with Crippen LogP contribution in [0.5, 0.6) is 0 Å². The lowest BCUT2D eigenvalue weighted by Gasteiger charge is -2.25. The van der Waals surface area contributed by atoms with E-state index in [1.807, 2.05) is 0 Å². The van der Waals surface area contributed by atoms with Crippen molar-refractivity contribution in [1.29, 1.82) is 0 Å². The van der Waals surface area contributed by atoms with E-state index in [1.165, 1.54) is 25.7 Å². The lowest BCUT2D eigenvalue weighted by atomic mass is 9.82. The zero-order valence-electron chi connectivity index (χ0n) is 15.3. The van der Waals surface area contributed by atoms with E-state index in [4.69, 9.17) is 4.74 Å². The minimum atomic E-state index is 0.557. The van der Waals surface area contributed by atoms with Crippen LogP contribution in [0.3, 0.4) is 0 Å². The highest BCUT2D eigenvalue weighted by atomic mass is 79.9. The number of halogens is 1. The van der Waals surface area contributed by atoms with Gasteiger partial charge in [0.15, 0.2) is 0 Å². The molecule has 1 aromatic rings. The molecule has 0 aliphatic heterocycles. The van der Waals surface area contributed by atoms with Crippen molar-refractivity contribution in [2.45, 2.75) is 32.6 Å². The van der Waals surface area contributed by atoms with Gasteiger partial charge in [0.05, 0.1) is 17.6 Å². The average molecular weight is 409 g/mol. The summed E-state index contributed by atoms with van der Waals surface area (Å²) < 4.78 is 6.04. The van der Waals surface area contributed by atoms with Gasteiger partial charge in [0.1, 0.15) is 0 Å². The normalized spacial score (nSPS) is 20.2. The Kier molecular flexibility index (Phi) is 9.23. The second kappa shape index (κ2) is 11.5. The molecule has 0 spiro atoms. The lowest BCUT2D eigenvalue weighted by molar-refractivity contribution is 0.158. The number of rotatable bonds is 8. The standard InChI is InChI=1S/C19H29BrN4O/c1-3-24(11-12-25-2)10-4-5-16-6-8-17(9-7-16)13-21-19-22-14-18(20)15-23-19/h14-17H,3,6-13H2,1-2H3,(H,21,22,23). The van der Waals surface area contributed by atoms with Crippen LogP contribution in [0.15, 0.2) is 16.9 Å². The molecule has 1 fully saturated rings. The zero-order valence-corrected chi connectivity index (χ0v) is 16.9. The Morgan fingerprint density at radius 1 is 1.28 bits per heavy atom. The van der Waals surface area contributed by atoms with Crippen LogP contribution in [0.4, 0.5) is 5.95 Å². The van der Waals surface area contributed by atoms with Crippen molar-refractivity contribution in [3.8, 4) is 11.8 Å². The van der Waals surface area contributed by atoms with Crippen molar-refractivity contribution in [2.24, 2.45) is 11.8 Å². The first-order valence-electron chi connectivity index (χ1n) is 9.12. The lowest BCUT2D eigenvalue weighted by Crippen LogP contribution is -2.27. The number of hydrogen-bond donors (Lipinski definition) is 1. The van der Waals surface area contributed by atoms with E-state index in [-0.39, 0.29) is 0 Å². The fourth-order valence-corrected chi connectivity index (χ4v) is 3.23. The highest BCUT2D eigenvalue weighted by molar-refractivity contribution is 9.10. The third kappa shape index (κ3) is 7.72. The van der Waals surface area contributed by atoms with Crippen LogP contribution in [0.25, 0.3) is 0 Å². The highest BCUT2D eigenvalue weighted by Crippen LogP contribution is 2.28. The van der Waals surface area contributed by atoms with Gasteiger partial charge in [-0.1, -0.05) is 18.8 Å². The fourth-order valence-electron chi connectivity index (χ4n) is 3.02. The molecule has 0 amide bonds. The topological polar surface area (TPSA) is 50.3 Å². The van der Waals surface area contributed by atoms with Crippen LogP contribution in [0.1, 0.15) is 32.6 Å². The fraction of sp³-hybridized carbons (Fsp3) is 0.684. The molecule has 1 aliphatic rings. The molecule has 1 aliphatic carbocycles. The number of nitrogens with zero attached hydrogens (tertiary/aromatic N) is 3. The maximum atomic E-state index is 5.14. The summed E-state index contributed by atoms with van der Waals surface area (Å²) >= 11 is 3.35. The van der Waals surface area contributed by atoms with E-state index in [2.05, 4.69) is 54.9 Å². The molecular weight excluding hydrogens is 380 g/mol. The van der Waals surface area contributed by atoms with Crippen molar-refractivity contribution in [3.05, 3.63) is 16.9 Å². The third-order valence-corrected chi connectivity index (χ3v) is 5.09. The van der Waals surface area contributed by atoms with E-state index < -0.39 is 0 Å². The molecule has 0 bridgehead atoms. The average Bonchev–Trinajstić information content (AvgIpc) is 2.65. The van der Waals surface area contributed by atoms with Crippen molar-refractivity contribution in [1.82, 2.24) is 14.9 Å². The van der Waals surface area contributed by atoms with Crippen molar-refractivity contribution in [2.75, 3.05) is 45.2 Å². The zero-order chi connectivity index (χ0) is 17.9. The Morgan fingerprint density at radius 3 is 2.64 bits per heavy atom. The Morgan fingerprint density at radius 2 is 2.00 bits per heavy atom. The number of anilines is 1. The smallest absolute Gasteiger partial charge is 0.222 e. The van der Waals surface area contributed by atoms with Gasteiger partial charge in [-0.3, -0.25) is 4.90 Å². The second-order valence-corrected chi connectivity index (χ2v) is 7.42. The summed E-state index contributed by atoms with van der Waals surface area (Å²) in [4.78, 5) is 10.8. The van der Waals surface area contributed by atoms with E-state index >= 15 is 0 Å². The highest BCUT2D eigenvalue weighted by Gasteiger charge is 2.19. The van der Waals surface area contributed by atoms with Crippen molar-refractivity contribution in [3.63, 3.8) is 0 Å². The summed E-state index contributed by atoms with van der Waals surface area (Å²) in [6.07, 6.45) is 8.39. The van der Waals surface area contributed by atoms with Gasteiger partial charge in [-0.2, -0.15) is 0 Å². The predicted molar refractivity (Wildman–Crippen MR) is 105 cm³/mol. The van der Waals surface area contributed by atoms with Crippen LogP contribution in [0.2, 0.25) is 0 Å². The maximum Gasteiger partial charge on any atom is 0.222 e. The monoisotopic (exact) mass is 408 g/mol. The van der Waals surface area contributed by atoms with Crippen LogP contribution >= 0.6 is 15.9 Å². The largest absolute Gasteiger partial charge is 0.383 e. The Hall–Kier alpha value is -1.16. The van der Waals surface area contributed by atoms with Gasteiger partial charge >= 0.3 is 0 Å². The van der Waals surface area contributed by atoms with E-state index in [0.29, 0.717) is 17.8 Å². The van der Waals surface area contributed by atoms with Crippen molar-refractivity contribution < 1.29 is 4.74 Å². The molecule has 1 heterocycles. The van der Waals surface area contributed by atoms with Gasteiger partial charge in [-0.15, -0.1) is 0 Å². The van der Waals surface area contributed by atoms with Gasteiger partial charge in [0.25, 0.3) is 0 Å². The van der Waals surface area contributed by atoms with Crippen LogP contribution in [-0.2, 0) is 4.74 Å². The summed E-state index contributed by atoms with van der Waals surface area (Å²) in [6, 6.07) is 0. The predicted octanol–water partition coefficient (Wildman–Crippen LogP) is 3.43. The number of ether oxygens (including phenoxy) is 1. The molecular formula is C19H29BrN4O. The SMILES string of the molecule is CCN(CC#CC1CCC(CNc2ncc(Br)cn2)CC1)CCOC. The number of aromatic nitrogens is 2. The first-order chi connectivity index (χ1) is 12.2. The minimum Gasteiger partial charge on any atom is -0.383 e. The number of hydrogen-bond acceptors (Lipinski definition) is 5. The third-order valence-electron chi connectivity index (χ3n) is 4.68. The quantitative estimate of drug-likeness (QED) is 0.667. The molecule has 1 saturated carbocycles. The number of methoxy groups -OCH3 is 1. The van der Waals surface area contributed by atoms with Gasteiger partial charge in [-0.25, -0.2) is 9.97 Å². The Labute approximate surface area is 160 Å². The second-order valence-electron chi connectivity index (χ2n) is 6.51. The molecule has 0 aromatic carbocycles. The Balaban J connectivity index is 1.65. The molecule has 0 saturated heterocycles. The van der Waals surface area contributed by atoms with Gasteiger partial charge < -0.3 is 10.1 Å². The summed E-state index contributed by atoms with van der Waals surface area (Å²) in [5, 5.41) is 3.34. The molecule has 0 unspecified atom stereocenters. The van der Waals surface area contributed by atoms with Gasteiger partial charge in [0, 0.05) is 38.5 Å². The van der Waals surface area contributed by atoms with E-state index in [9.17, 15) is 0 Å². The number of likely N-dealkylation sites (N-methyl/N-ethyl adjacent to an activating group) is 1. The molecule has 0 radical (unpaired) electrons. The first-order valence-corrected chi connectivity index (χ1v) is 9.91. The molecule has 138 valence electrons. The summed E-state index contributed by atoms with van der Waals surface area (Å²) in [6.45, 7) is 6.72. The molecule has 1 aromatic heterocycles. The molecule has 25 heavy (non-hydrogen) atoms. The molecule has 0 atom stereocenters. The number of nitrogens with one attached hydrogen (secondary N) is 1. The summed E-state index contributed by atoms with van der Waals surface area (Å²) in [5.41, 5.74) is 0. The summed E-state index contributed by atoms with van der Waals surface area (Å²) in [5.74, 6) is 8.81. The maximum absolute atomic E-state index is 5.14. The van der Waals surface area contributed by atoms with Crippen molar-refractivity contribution >= 4 is 21.9 Å². The van der Waals surface area contributed by atoms with Crippen LogP contribution < -0.4 is 5.32 Å². The Bertz CT molecular complexity index is 547. The van der Waals surface area contributed by atoms with Gasteiger partial charge in [0.2, 0.25) is 5.95 Å². The van der Waals surface area contributed by atoms with Gasteiger partial charge in [-0.05, 0) is 54.1 Å². The molecule has 6 heteroatoms. The molecule has 5 nitrogen and oxygen atoms in total. The molecule has 1 N–H and O–H groups in total. The summed E-state index contributed by atoms with van der Waals surface area (Å²) in [7, 11) is 1.75. The van der Waals surface area contributed by atoms with E-state index in [1.54, 1.807) is 19.5 Å². The van der Waals surface area contributed by atoms with E-state index in [0.717, 1.165) is 37.3 Å². The minimum absolute atomic E-state index is 0.557. The molecule has 2 rings (SSSR count). The van der Waals surface area contributed by atoms with Crippen LogP contribution in [-0.4, -0.2) is 54.8 Å².